The number of amides is 1. The van der Waals surface area contributed by atoms with E-state index in [0.717, 1.165) is 5.56 Å². The Bertz CT molecular complexity index is 703. The minimum atomic E-state index is -0.518. The summed E-state index contributed by atoms with van der Waals surface area (Å²) in [7, 11) is 1.65. The molecule has 0 aliphatic rings. The Labute approximate surface area is 134 Å². The van der Waals surface area contributed by atoms with Crippen LogP contribution in [0.1, 0.15) is 18.1 Å². The largest absolute Gasteiger partial charge is 0.374 e. The van der Waals surface area contributed by atoms with E-state index >= 15 is 0 Å². The van der Waals surface area contributed by atoms with Crippen molar-refractivity contribution in [3.63, 3.8) is 0 Å². The van der Waals surface area contributed by atoms with Gasteiger partial charge in [0.25, 0.3) is 0 Å². The predicted molar refractivity (Wildman–Crippen MR) is 87.1 cm³/mol. The Morgan fingerprint density at radius 1 is 1.22 bits per heavy atom. The van der Waals surface area contributed by atoms with E-state index in [2.05, 4.69) is 5.32 Å². The molecule has 122 valence electrons. The summed E-state index contributed by atoms with van der Waals surface area (Å²) < 4.78 is 26.7. The highest BCUT2D eigenvalue weighted by atomic mass is 19.1. The van der Waals surface area contributed by atoms with Gasteiger partial charge in [-0.25, -0.2) is 8.78 Å². The van der Waals surface area contributed by atoms with Crippen molar-refractivity contribution in [3.05, 3.63) is 65.2 Å². The number of hydrogen-bond donors (Lipinski definition) is 1. The second-order valence-corrected chi connectivity index (χ2v) is 5.65. The summed E-state index contributed by atoms with van der Waals surface area (Å²) in [5, 5.41) is 2.98. The standard InChI is InChI=1S/C18H20F2N2O/c1-12-7-8-16(10-17(12)20)21-13(2)18(23)22(3)11-14-5-4-6-15(19)9-14/h4-10,13,21H,11H2,1-3H3. The van der Waals surface area contributed by atoms with E-state index in [-0.39, 0.29) is 17.5 Å². The van der Waals surface area contributed by atoms with Crippen molar-refractivity contribution >= 4 is 11.6 Å². The summed E-state index contributed by atoms with van der Waals surface area (Å²) >= 11 is 0. The molecule has 1 atom stereocenters. The minimum Gasteiger partial charge on any atom is -0.374 e. The summed E-state index contributed by atoms with van der Waals surface area (Å²) in [6.07, 6.45) is 0. The SMILES string of the molecule is Cc1ccc(NC(C)C(=O)N(C)Cc2cccc(F)c2)cc1F. The smallest absolute Gasteiger partial charge is 0.244 e. The highest BCUT2D eigenvalue weighted by Gasteiger charge is 2.18. The molecule has 0 aliphatic heterocycles. The third-order valence-corrected chi connectivity index (χ3v) is 3.61. The third kappa shape index (κ3) is 4.52. The second kappa shape index (κ2) is 7.22. The van der Waals surface area contributed by atoms with Crippen LogP contribution in [0.5, 0.6) is 0 Å². The lowest BCUT2D eigenvalue weighted by molar-refractivity contribution is -0.130. The lowest BCUT2D eigenvalue weighted by Gasteiger charge is -2.23. The number of halogens is 2. The van der Waals surface area contributed by atoms with E-state index < -0.39 is 6.04 Å². The monoisotopic (exact) mass is 318 g/mol. The molecule has 0 aromatic heterocycles. The number of hydrogen-bond acceptors (Lipinski definition) is 2. The van der Waals surface area contributed by atoms with Gasteiger partial charge < -0.3 is 10.2 Å². The fraction of sp³-hybridized carbons (Fsp3) is 0.278. The van der Waals surface area contributed by atoms with E-state index in [1.54, 1.807) is 45.2 Å². The summed E-state index contributed by atoms with van der Waals surface area (Å²) in [5.74, 6) is -0.803. The van der Waals surface area contributed by atoms with Crippen LogP contribution in [0.3, 0.4) is 0 Å². The number of nitrogens with zero attached hydrogens (tertiary/aromatic N) is 1. The van der Waals surface area contributed by atoms with E-state index in [1.165, 1.54) is 23.1 Å². The molecule has 1 unspecified atom stereocenters. The van der Waals surface area contributed by atoms with Crippen molar-refractivity contribution in [1.82, 2.24) is 4.90 Å². The molecule has 0 heterocycles. The molecule has 0 spiro atoms. The molecule has 1 N–H and O–H groups in total. The molecule has 5 heteroatoms. The molecule has 0 saturated heterocycles. The van der Waals surface area contributed by atoms with Gasteiger partial charge in [-0.05, 0) is 49.2 Å². The van der Waals surface area contributed by atoms with Crippen molar-refractivity contribution < 1.29 is 13.6 Å². The number of likely N-dealkylation sites (N-methyl/N-ethyl adjacent to an activating group) is 1. The van der Waals surface area contributed by atoms with Crippen molar-refractivity contribution in [2.75, 3.05) is 12.4 Å². The van der Waals surface area contributed by atoms with Crippen LogP contribution < -0.4 is 5.32 Å². The molecule has 2 aromatic carbocycles. The molecule has 1 amide bonds. The van der Waals surface area contributed by atoms with Crippen molar-refractivity contribution in [1.29, 1.82) is 0 Å². The zero-order chi connectivity index (χ0) is 17.0. The molecule has 0 bridgehead atoms. The average Bonchev–Trinajstić information content (AvgIpc) is 2.50. The molecule has 2 aromatic rings. The first-order chi connectivity index (χ1) is 10.9. The summed E-state index contributed by atoms with van der Waals surface area (Å²) in [4.78, 5) is 13.9. The van der Waals surface area contributed by atoms with Crippen LogP contribution in [-0.2, 0) is 11.3 Å². The van der Waals surface area contributed by atoms with Gasteiger partial charge in [0, 0.05) is 19.3 Å². The van der Waals surface area contributed by atoms with Crippen LogP contribution in [0.15, 0.2) is 42.5 Å². The number of aryl methyl sites for hydroxylation is 1. The normalized spacial score (nSPS) is 11.9. The number of benzene rings is 2. The molecular weight excluding hydrogens is 298 g/mol. The number of rotatable bonds is 5. The molecule has 2 rings (SSSR count). The lowest BCUT2D eigenvalue weighted by Crippen LogP contribution is -2.38. The van der Waals surface area contributed by atoms with Crippen LogP contribution in [0.4, 0.5) is 14.5 Å². The number of nitrogens with one attached hydrogen (secondary N) is 1. The molecule has 0 radical (unpaired) electrons. The number of anilines is 1. The Balaban J connectivity index is 1.99. The second-order valence-electron chi connectivity index (χ2n) is 5.65. The Hall–Kier alpha value is -2.43. The number of carbonyl (C=O) groups is 1. The molecule has 0 fully saturated rings. The maximum atomic E-state index is 13.5. The number of carbonyl (C=O) groups excluding carboxylic acids is 1. The van der Waals surface area contributed by atoms with Crippen LogP contribution in [0, 0.1) is 18.6 Å². The van der Waals surface area contributed by atoms with Gasteiger partial charge in [-0.3, -0.25) is 4.79 Å². The lowest BCUT2D eigenvalue weighted by atomic mass is 10.1. The van der Waals surface area contributed by atoms with E-state index in [0.29, 0.717) is 17.8 Å². The van der Waals surface area contributed by atoms with Gasteiger partial charge in [0.15, 0.2) is 0 Å². The maximum Gasteiger partial charge on any atom is 0.244 e. The first-order valence-corrected chi connectivity index (χ1v) is 7.39. The molecule has 0 aliphatic carbocycles. The Morgan fingerprint density at radius 3 is 2.61 bits per heavy atom. The Kier molecular flexibility index (Phi) is 5.32. The summed E-state index contributed by atoms with van der Waals surface area (Å²) in [6, 6.07) is 10.4. The maximum absolute atomic E-state index is 13.5. The van der Waals surface area contributed by atoms with Gasteiger partial charge in [-0.2, -0.15) is 0 Å². The fourth-order valence-corrected chi connectivity index (χ4v) is 2.31. The van der Waals surface area contributed by atoms with Crippen LogP contribution in [-0.4, -0.2) is 23.9 Å². The van der Waals surface area contributed by atoms with E-state index in [4.69, 9.17) is 0 Å². The van der Waals surface area contributed by atoms with Gasteiger partial charge in [0.05, 0.1) is 0 Å². The summed E-state index contributed by atoms with van der Waals surface area (Å²) in [6.45, 7) is 3.70. The third-order valence-electron chi connectivity index (χ3n) is 3.61. The van der Waals surface area contributed by atoms with Crippen LogP contribution in [0.25, 0.3) is 0 Å². The highest BCUT2D eigenvalue weighted by Crippen LogP contribution is 2.15. The van der Waals surface area contributed by atoms with E-state index in [1.807, 2.05) is 0 Å². The van der Waals surface area contributed by atoms with Gasteiger partial charge in [-0.15, -0.1) is 0 Å². The predicted octanol–water partition coefficient (Wildman–Crippen LogP) is 3.73. The molecule has 0 saturated carbocycles. The van der Waals surface area contributed by atoms with Crippen LogP contribution >= 0.6 is 0 Å². The first-order valence-electron chi connectivity index (χ1n) is 7.39. The summed E-state index contributed by atoms with van der Waals surface area (Å²) in [5.41, 5.74) is 1.82. The van der Waals surface area contributed by atoms with Gasteiger partial charge in [-0.1, -0.05) is 18.2 Å². The first kappa shape index (κ1) is 16.9. The van der Waals surface area contributed by atoms with Gasteiger partial charge in [0.2, 0.25) is 5.91 Å². The zero-order valence-electron chi connectivity index (χ0n) is 13.4. The molecule has 3 nitrogen and oxygen atoms in total. The molecule has 23 heavy (non-hydrogen) atoms. The van der Waals surface area contributed by atoms with Gasteiger partial charge >= 0.3 is 0 Å². The zero-order valence-corrected chi connectivity index (χ0v) is 13.4. The van der Waals surface area contributed by atoms with Gasteiger partial charge in [0.1, 0.15) is 17.7 Å². The Morgan fingerprint density at radius 2 is 1.96 bits per heavy atom. The fourth-order valence-electron chi connectivity index (χ4n) is 2.31. The quantitative estimate of drug-likeness (QED) is 0.911. The van der Waals surface area contributed by atoms with Crippen molar-refractivity contribution in [3.8, 4) is 0 Å². The topological polar surface area (TPSA) is 32.3 Å². The van der Waals surface area contributed by atoms with Crippen LogP contribution in [0.2, 0.25) is 0 Å². The highest BCUT2D eigenvalue weighted by molar-refractivity contribution is 5.84. The minimum absolute atomic E-state index is 0.157. The average molecular weight is 318 g/mol. The van der Waals surface area contributed by atoms with Crippen molar-refractivity contribution in [2.45, 2.75) is 26.4 Å². The molecular formula is C18H20F2N2O. The van der Waals surface area contributed by atoms with Crippen molar-refractivity contribution in [2.24, 2.45) is 0 Å². The van der Waals surface area contributed by atoms with E-state index in [9.17, 15) is 13.6 Å².